The third kappa shape index (κ3) is 1.36. The largest absolute Gasteiger partial charge is 0.361 e. The number of nitrogens with two attached hydrogens (primary N) is 1. The van der Waals surface area contributed by atoms with Crippen LogP contribution in [0, 0.1) is 0 Å². The normalized spacial score (nSPS) is 10.2. The maximum absolute atomic E-state index is 5.43. The van der Waals surface area contributed by atoms with E-state index >= 15 is 0 Å². The molecule has 3 nitrogen and oxygen atoms in total. The van der Waals surface area contributed by atoms with Crippen molar-refractivity contribution in [3.05, 3.63) is 17.5 Å². The van der Waals surface area contributed by atoms with Crippen LogP contribution in [0.3, 0.4) is 0 Å². The third-order valence-corrected chi connectivity index (χ3v) is 1.43. The number of hydrogen-bond acceptors (Lipinski definition) is 3. The van der Waals surface area contributed by atoms with Gasteiger partial charge in [0.15, 0.2) is 0 Å². The summed E-state index contributed by atoms with van der Waals surface area (Å²) in [4.78, 5) is 0. The van der Waals surface area contributed by atoms with Gasteiger partial charge < -0.3 is 10.3 Å². The summed E-state index contributed by atoms with van der Waals surface area (Å²) in [7, 11) is 0. The first-order valence-corrected chi connectivity index (χ1v) is 3.51. The molecule has 0 saturated heterocycles. The Morgan fingerprint density at radius 3 is 3.10 bits per heavy atom. The van der Waals surface area contributed by atoms with E-state index in [-0.39, 0.29) is 0 Å². The Kier molecular flexibility index (Phi) is 2.45. The molecule has 0 saturated carbocycles. The van der Waals surface area contributed by atoms with Crippen molar-refractivity contribution in [3.63, 3.8) is 0 Å². The van der Waals surface area contributed by atoms with Crippen LogP contribution in [0.15, 0.2) is 10.7 Å². The second kappa shape index (κ2) is 3.37. The van der Waals surface area contributed by atoms with Crippen LogP contribution in [0.5, 0.6) is 0 Å². The van der Waals surface area contributed by atoms with Crippen molar-refractivity contribution >= 4 is 0 Å². The zero-order valence-corrected chi connectivity index (χ0v) is 6.13. The molecule has 0 aliphatic rings. The van der Waals surface area contributed by atoms with Crippen molar-refractivity contribution in [2.75, 3.05) is 0 Å². The molecule has 56 valence electrons. The van der Waals surface area contributed by atoms with Crippen molar-refractivity contribution in [1.29, 1.82) is 0 Å². The SMILES string of the molecule is CCCc1oncc1CN. The van der Waals surface area contributed by atoms with E-state index in [1.54, 1.807) is 6.20 Å². The topological polar surface area (TPSA) is 52.0 Å². The molecule has 10 heavy (non-hydrogen) atoms. The highest BCUT2D eigenvalue weighted by Crippen LogP contribution is 2.08. The van der Waals surface area contributed by atoms with Gasteiger partial charge in [0.1, 0.15) is 5.76 Å². The third-order valence-electron chi connectivity index (χ3n) is 1.43. The van der Waals surface area contributed by atoms with E-state index in [9.17, 15) is 0 Å². The Hall–Kier alpha value is -0.830. The molecular formula is C7H12N2O. The zero-order chi connectivity index (χ0) is 7.40. The Bertz CT molecular complexity index is 195. The van der Waals surface area contributed by atoms with Crippen LogP contribution in [-0.4, -0.2) is 5.16 Å². The summed E-state index contributed by atoms with van der Waals surface area (Å²) in [5, 5.41) is 3.66. The van der Waals surface area contributed by atoms with Gasteiger partial charge in [-0.3, -0.25) is 0 Å². The predicted octanol–water partition coefficient (Wildman–Crippen LogP) is 1.09. The standard InChI is InChI=1S/C7H12N2O/c1-2-3-7-6(4-8)5-9-10-7/h5H,2-4,8H2,1H3. The summed E-state index contributed by atoms with van der Waals surface area (Å²) in [6, 6.07) is 0. The summed E-state index contributed by atoms with van der Waals surface area (Å²) in [6.07, 6.45) is 3.69. The Morgan fingerprint density at radius 1 is 1.70 bits per heavy atom. The first-order chi connectivity index (χ1) is 4.88. The van der Waals surface area contributed by atoms with Gasteiger partial charge in [-0.05, 0) is 6.42 Å². The number of rotatable bonds is 3. The fourth-order valence-electron chi connectivity index (χ4n) is 0.884. The van der Waals surface area contributed by atoms with E-state index in [4.69, 9.17) is 10.3 Å². The van der Waals surface area contributed by atoms with Crippen molar-refractivity contribution in [1.82, 2.24) is 5.16 Å². The molecular weight excluding hydrogens is 128 g/mol. The quantitative estimate of drug-likeness (QED) is 0.683. The molecule has 0 fully saturated rings. The van der Waals surface area contributed by atoms with E-state index in [1.807, 2.05) is 0 Å². The fraction of sp³-hybridized carbons (Fsp3) is 0.571. The summed E-state index contributed by atoms with van der Waals surface area (Å²) >= 11 is 0. The van der Waals surface area contributed by atoms with Crippen molar-refractivity contribution in [2.24, 2.45) is 5.73 Å². The molecule has 1 rings (SSSR count). The average Bonchev–Trinajstić information content (AvgIpc) is 2.36. The maximum atomic E-state index is 5.43. The summed E-state index contributed by atoms with van der Waals surface area (Å²) < 4.78 is 4.97. The van der Waals surface area contributed by atoms with Gasteiger partial charge in [-0.1, -0.05) is 12.1 Å². The summed E-state index contributed by atoms with van der Waals surface area (Å²) in [5.74, 6) is 0.935. The molecule has 0 radical (unpaired) electrons. The molecule has 0 unspecified atom stereocenters. The second-order valence-corrected chi connectivity index (χ2v) is 2.23. The minimum absolute atomic E-state index is 0.527. The Morgan fingerprint density at radius 2 is 2.50 bits per heavy atom. The summed E-state index contributed by atoms with van der Waals surface area (Å²) in [6.45, 7) is 2.63. The second-order valence-electron chi connectivity index (χ2n) is 2.23. The van der Waals surface area contributed by atoms with Gasteiger partial charge in [0, 0.05) is 18.5 Å². The molecule has 1 aromatic heterocycles. The lowest BCUT2D eigenvalue weighted by atomic mass is 10.2. The molecule has 0 aliphatic heterocycles. The van der Waals surface area contributed by atoms with Crippen LogP contribution < -0.4 is 5.73 Å². The van der Waals surface area contributed by atoms with Crippen LogP contribution >= 0.6 is 0 Å². The van der Waals surface area contributed by atoms with Crippen molar-refractivity contribution < 1.29 is 4.52 Å². The minimum atomic E-state index is 0.527. The van der Waals surface area contributed by atoms with E-state index < -0.39 is 0 Å². The highest BCUT2D eigenvalue weighted by Gasteiger charge is 2.03. The molecule has 0 atom stereocenters. The summed E-state index contributed by atoms with van der Waals surface area (Å²) in [5.41, 5.74) is 6.45. The number of aromatic nitrogens is 1. The molecule has 2 N–H and O–H groups in total. The van der Waals surface area contributed by atoms with Crippen molar-refractivity contribution in [2.45, 2.75) is 26.3 Å². The molecule has 0 aromatic carbocycles. The number of nitrogens with zero attached hydrogens (tertiary/aromatic N) is 1. The van der Waals surface area contributed by atoms with E-state index in [1.165, 1.54) is 0 Å². The molecule has 0 amide bonds. The minimum Gasteiger partial charge on any atom is -0.361 e. The number of hydrogen-bond donors (Lipinski definition) is 1. The lowest BCUT2D eigenvalue weighted by Crippen LogP contribution is -1.97. The van der Waals surface area contributed by atoms with Gasteiger partial charge in [-0.15, -0.1) is 0 Å². The van der Waals surface area contributed by atoms with Crippen molar-refractivity contribution in [3.8, 4) is 0 Å². The van der Waals surface area contributed by atoms with Crippen LogP contribution in [0.2, 0.25) is 0 Å². The zero-order valence-electron chi connectivity index (χ0n) is 6.13. The van der Waals surface area contributed by atoms with E-state index in [0.29, 0.717) is 6.54 Å². The van der Waals surface area contributed by atoms with Crippen LogP contribution in [0.25, 0.3) is 0 Å². The highest BCUT2D eigenvalue weighted by molar-refractivity contribution is 5.12. The van der Waals surface area contributed by atoms with Gasteiger partial charge in [-0.25, -0.2) is 0 Å². The van der Waals surface area contributed by atoms with E-state index in [2.05, 4.69) is 12.1 Å². The van der Waals surface area contributed by atoms with Gasteiger partial charge in [0.2, 0.25) is 0 Å². The smallest absolute Gasteiger partial charge is 0.141 e. The van der Waals surface area contributed by atoms with Gasteiger partial charge >= 0.3 is 0 Å². The number of aryl methyl sites for hydroxylation is 1. The molecule has 1 aromatic rings. The lowest BCUT2D eigenvalue weighted by Gasteiger charge is -1.92. The molecule has 0 spiro atoms. The van der Waals surface area contributed by atoms with Crippen LogP contribution in [-0.2, 0) is 13.0 Å². The monoisotopic (exact) mass is 140 g/mol. The van der Waals surface area contributed by atoms with Gasteiger partial charge in [0.05, 0.1) is 6.20 Å². The van der Waals surface area contributed by atoms with E-state index in [0.717, 1.165) is 24.2 Å². The average molecular weight is 140 g/mol. The molecule has 0 aliphatic carbocycles. The first-order valence-electron chi connectivity index (χ1n) is 3.51. The van der Waals surface area contributed by atoms with Gasteiger partial charge in [0.25, 0.3) is 0 Å². The highest BCUT2D eigenvalue weighted by atomic mass is 16.5. The molecule has 1 heterocycles. The Labute approximate surface area is 60.2 Å². The fourth-order valence-corrected chi connectivity index (χ4v) is 0.884. The maximum Gasteiger partial charge on any atom is 0.141 e. The van der Waals surface area contributed by atoms with Gasteiger partial charge in [-0.2, -0.15) is 0 Å². The van der Waals surface area contributed by atoms with Crippen LogP contribution in [0.4, 0.5) is 0 Å². The first kappa shape index (κ1) is 7.28. The van der Waals surface area contributed by atoms with Crippen LogP contribution in [0.1, 0.15) is 24.7 Å². The lowest BCUT2D eigenvalue weighted by molar-refractivity contribution is 0.380. The predicted molar refractivity (Wildman–Crippen MR) is 38.4 cm³/mol. The Balaban J connectivity index is 2.70. The molecule has 3 heteroatoms. The molecule has 0 bridgehead atoms.